The summed E-state index contributed by atoms with van der Waals surface area (Å²) >= 11 is 36.7. The number of carbonyl (C=O) groups is 4. The molecule has 0 saturated carbocycles. The first kappa shape index (κ1) is 118. The van der Waals surface area contributed by atoms with Gasteiger partial charge < -0.3 is 89.2 Å². The predicted molar refractivity (Wildman–Crippen MR) is 547 cm³/mol. The average molecular weight is 2010 g/mol. The van der Waals surface area contributed by atoms with E-state index in [1.165, 1.54) is 76.8 Å². The molecular formula is C96H145Cl8FN18O10. The van der Waals surface area contributed by atoms with E-state index in [1.807, 2.05) is 118 Å². The highest BCUT2D eigenvalue weighted by Crippen LogP contribution is 2.37. The molecule has 5 N–H and O–H groups in total. The van der Waals surface area contributed by atoms with Gasteiger partial charge in [-0.25, -0.2) is 18.8 Å². The van der Waals surface area contributed by atoms with Gasteiger partial charge in [-0.3, -0.25) is 34.7 Å². The molecule has 133 heavy (non-hydrogen) atoms. The predicted octanol–water partition coefficient (Wildman–Crippen LogP) is 19.8. The summed E-state index contributed by atoms with van der Waals surface area (Å²) in [7, 11) is 2.00. The van der Waals surface area contributed by atoms with E-state index < -0.39 is 22.6 Å². The molecule has 1 unspecified atom stereocenters. The van der Waals surface area contributed by atoms with Crippen molar-refractivity contribution in [2.24, 2.45) is 5.92 Å². The number of nitrogens with one attached hydrogen (secondary N) is 3. The number of carbonyl (C=O) groups excluding carboxylic acids is 4. The van der Waals surface area contributed by atoms with Crippen LogP contribution in [0.1, 0.15) is 165 Å². The molecule has 1 aromatic carbocycles. The zero-order valence-corrected chi connectivity index (χ0v) is 87.3. The zero-order valence-electron chi connectivity index (χ0n) is 81.1. The highest BCUT2D eigenvalue weighted by Gasteiger charge is 2.32. The number of nitrogens with zero attached hydrogens (tertiary/aromatic N) is 15. The first-order valence-corrected chi connectivity index (χ1v) is 47.6. The Morgan fingerprint density at radius 1 is 0.361 bits per heavy atom. The maximum absolute atomic E-state index is 13.3. The van der Waals surface area contributed by atoms with Crippen LogP contribution in [0.3, 0.4) is 0 Å². The Morgan fingerprint density at radius 3 is 0.992 bits per heavy atom. The minimum atomic E-state index is -0.488. The second kappa shape index (κ2) is 60.1. The number of hydrogen-bond acceptors (Lipinski definition) is 24. The molecule has 742 valence electrons. The number of rotatable bonds is 8. The summed E-state index contributed by atoms with van der Waals surface area (Å²) in [5.41, 5.74) is 14.0. The quantitative estimate of drug-likeness (QED) is 0.0884. The number of pyridine rings is 6. The van der Waals surface area contributed by atoms with Crippen molar-refractivity contribution in [1.29, 1.82) is 0 Å². The van der Waals surface area contributed by atoms with Gasteiger partial charge in [0.15, 0.2) is 0 Å². The van der Waals surface area contributed by atoms with Gasteiger partial charge >= 0.3 is 18.3 Å². The highest BCUT2D eigenvalue weighted by atomic mass is 35.5. The summed E-state index contributed by atoms with van der Waals surface area (Å²) < 4.78 is 34.6. The molecule has 0 radical (unpaired) electrons. The fourth-order valence-electron chi connectivity index (χ4n) is 15.9. The lowest BCUT2D eigenvalue weighted by atomic mass is 9.99. The van der Waals surface area contributed by atoms with E-state index in [0.29, 0.717) is 70.1 Å². The van der Waals surface area contributed by atoms with E-state index in [2.05, 4.69) is 117 Å². The third-order valence-electron chi connectivity index (χ3n) is 21.7. The van der Waals surface area contributed by atoms with Gasteiger partial charge in [0.1, 0.15) is 22.6 Å². The van der Waals surface area contributed by atoms with Gasteiger partial charge in [-0.1, -0.05) is 69.6 Å². The summed E-state index contributed by atoms with van der Waals surface area (Å²) in [6, 6.07) is 4.25. The number of halogens is 9. The molecule has 7 aliphatic heterocycles. The van der Waals surface area contributed by atoms with E-state index >= 15 is 0 Å². The van der Waals surface area contributed by atoms with Crippen LogP contribution in [0.4, 0.5) is 58.6 Å². The second-order valence-corrected chi connectivity index (χ2v) is 38.2. The number of anilines is 7. The summed E-state index contributed by atoms with van der Waals surface area (Å²) in [6.45, 7) is 52.6. The lowest BCUT2D eigenvalue weighted by molar-refractivity contribution is -0.120. The van der Waals surface area contributed by atoms with Gasteiger partial charge in [0.05, 0.1) is 47.2 Å². The minimum Gasteiger partial charge on any atom is -0.444 e. The molecule has 0 spiro atoms. The number of amides is 4. The van der Waals surface area contributed by atoms with Crippen LogP contribution in [0.5, 0.6) is 0 Å². The lowest BCUT2D eigenvalue weighted by Crippen LogP contribution is -2.39. The molecule has 6 aromatic heterocycles. The van der Waals surface area contributed by atoms with Crippen LogP contribution in [0.15, 0.2) is 92.6 Å². The van der Waals surface area contributed by atoms with Crippen molar-refractivity contribution in [3.8, 4) is 0 Å². The van der Waals surface area contributed by atoms with Gasteiger partial charge in [0.25, 0.3) is 0 Å². The standard InChI is InChI=1S/C20H23ClFN3O.C17H27N3O2.C16H24ClN3O2.C15H21Cl2N3O2.C12H19N3.C10H13Cl2N3.C4H8O.2CH4O.2ClH/c1-13-11-23-12-14(2)19(13)25-8-3-4-15(7-9-25)20(26)24-16-5-6-18(22)17(21)10-16;1-13-11-18-12-14(2)15(13)19-7-6-8-20(10-9-19)16(21)22-17(3,4)5;1-12-10-18-11-13(17)14(12)19-6-5-7-20(9-8-19)15(21)22-16(2,3)4;1-15(2,3)22-14(21)20-6-4-5-19(7-8-20)13-11(16)9-18-10-12(13)17;1-10-8-14-9-11(2)12(10)15-6-3-4-13-5-7-15;11-8-6-14-7-9(12)10(8)15-4-1-2-13-3-5-15;1-2-4-5-3-1;2*1-2;;/h5-6,10-12,15H,3-4,7-9H2,1-2H3,(H,24,26);11-12H,6-10H2,1-5H3;10-11H,5-9H2,1-4H3;9-10H,4-8H2,1-3H3;8-9,13H,3-7H2,1-2H3;6-7,13H,1-5H2;1-4H2;2*2H,1H3;2*1H. The largest absolute Gasteiger partial charge is 0.444 e. The number of aliphatic hydroxyl groups excluding tert-OH is 2. The van der Waals surface area contributed by atoms with E-state index in [4.69, 9.17) is 98.8 Å². The van der Waals surface area contributed by atoms with E-state index in [1.54, 1.807) is 40.8 Å². The molecular weight excluding hydrogens is 1870 g/mol. The maximum atomic E-state index is 13.3. The minimum absolute atomic E-state index is 0. The number of ether oxygens (including phenoxy) is 4. The number of aryl methyl sites for hydroxylation is 7. The normalized spacial score (nSPS) is 16.6. The topological polar surface area (TPSA) is 288 Å². The summed E-state index contributed by atoms with van der Waals surface area (Å²) in [4.78, 5) is 93.0. The SMILES string of the molecule is C1CCOC1.CC(C)(C)OC(=O)N1CCCN(c2c(Cl)cncc2Cl)CC1.CO.CO.Cc1cncc(C)c1N1CCCC(C(=O)Nc2ccc(F)c(Cl)c2)CC1.Cc1cncc(C)c1N1CCCN(C(=O)OC(C)(C)C)CC1.Cc1cncc(C)c1N1CCCNCC1.Cc1cncc(Cl)c1N1CCCN(C(=O)OC(C)(C)C)CC1.Cl.Cl.Clc1cncc(Cl)c1N1CCCNCC1. The van der Waals surface area contributed by atoms with E-state index in [0.717, 1.165) is 211 Å². The zero-order chi connectivity index (χ0) is 96.5. The first-order valence-electron chi connectivity index (χ1n) is 45.4. The molecule has 1 atom stereocenters. The van der Waals surface area contributed by atoms with Crippen LogP contribution < -0.4 is 45.3 Å². The van der Waals surface area contributed by atoms with Crippen LogP contribution in [0.25, 0.3) is 0 Å². The molecule has 37 heteroatoms. The Morgan fingerprint density at radius 2 is 0.654 bits per heavy atom. The Kier molecular flexibility index (Phi) is 53.1. The Hall–Kier alpha value is -7.75. The van der Waals surface area contributed by atoms with Crippen molar-refractivity contribution in [1.82, 2.24) is 55.2 Å². The first-order chi connectivity index (χ1) is 62.4. The molecule has 28 nitrogen and oxygen atoms in total. The van der Waals surface area contributed by atoms with Crippen molar-refractivity contribution < 1.29 is 52.7 Å². The van der Waals surface area contributed by atoms with Crippen molar-refractivity contribution in [2.75, 3.05) is 206 Å². The number of benzene rings is 1. The fourth-order valence-corrected chi connectivity index (χ4v) is 17.6. The Bertz CT molecular complexity index is 4230. The molecule has 4 amide bonds. The smallest absolute Gasteiger partial charge is 0.410 e. The van der Waals surface area contributed by atoms with Gasteiger partial charge in [-0.2, -0.15) is 0 Å². The molecule has 7 aliphatic rings. The van der Waals surface area contributed by atoms with Crippen LogP contribution in [0.2, 0.25) is 30.1 Å². The second-order valence-electron chi connectivity index (χ2n) is 35.7. The molecule has 0 aliphatic carbocycles. The summed E-state index contributed by atoms with van der Waals surface area (Å²) in [6.07, 6.45) is 30.8. The molecule has 14 rings (SSSR count). The molecule has 13 heterocycles. The third-order valence-corrected chi connectivity index (χ3v) is 23.4. The van der Waals surface area contributed by atoms with Gasteiger partial charge in [-0.15, -0.1) is 24.8 Å². The van der Waals surface area contributed by atoms with E-state index in [9.17, 15) is 23.6 Å². The van der Waals surface area contributed by atoms with Crippen molar-refractivity contribution >= 4 is 158 Å². The molecule has 0 bridgehead atoms. The number of hydrogen-bond donors (Lipinski definition) is 5. The van der Waals surface area contributed by atoms with Gasteiger partial charge in [0, 0.05) is 261 Å². The van der Waals surface area contributed by atoms with Crippen LogP contribution in [-0.4, -0.2) is 267 Å². The maximum Gasteiger partial charge on any atom is 0.410 e. The average Bonchev–Trinajstić information content (AvgIpc) is 1.74. The molecule has 7 fully saturated rings. The lowest BCUT2D eigenvalue weighted by Gasteiger charge is -2.28. The van der Waals surface area contributed by atoms with Crippen LogP contribution >= 0.6 is 94.4 Å². The van der Waals surface area contributed by atoms with Crippen LogP contribution in [0, 0.1) is 60.2 Å². The van der Waals surface area contributed by atoms with E-state index in [-0.39, 0.29) is 59.9 Å². The number of aromatic nitrogens is 6. The highest BCUT2D eigenvalue weighted by molar-refractivity contribution is 6.39. The summed E-state index contributed by atoms with van der Waals surface area (Å²) in [5.74, 6) is -0.582. The third kappa shape index (κ3) is 40.1. The Balaban J connectivity index is 0.000000329. The van der Waals surface area contributed by atoms with Crippen molar-refractivity contribution in [3.05, 3.63) is 167 Å². The van der Waals surface area contributed by atoms with Crippen molar-refractivity contribution in [2.45, 2.75) is 192 Å². The monoisotopic (exact) mass is 2010 g/mol. The molecule has 7 saturated heterocycles. The van der Waals surface area contributed by atoms with Crippen molar-refractivity contribution in [3.63, 3.8) is 0 Å². The Labute approximate surface area is 831 Å². The molecule has 7 aromatic rings. The summed E-state index contributed by atoms with van der Waals surface area (Å²) in [5, 5.41) is 26.6. The fraction of sp³-hybridized carbons (Fsp3) is 0.583. The van der Waals surface area contributed by atoms with Gasteiger partial charge in [-0.05, 0) is 245 Å². The number of aliphatic hydroxyl groups is 2. The van der Waals surface area contributed by atoms with Crippen LogP contribution in [-0.2, 0) is 23.7 Å². The van der Waals surface area contributed by atoms with Gasteiger partial charge in [0.2, 0.25) is 5.91 Å².